The van der Waals surface area contributed by atoms with Crippen molar-refractivity contribution in [2.24, 2.45) is 0 Å². The summed E-state index contributed by atoms with van der Waals surface area (Å²) in [4.78, 5) is 4.51. The first-order chi connectivity index (χ1) is 11.8. The lowest BCUT2D eigenvalue weighted by molar-refractivity contribution is 0.461. The number of hydrogen-bond acceptors (Lipinski definition) is 3. The third kappa shape index (κ3) is 3.16. The Hall–Kier alpha value is -1.94. The summed E-state index contributed by atoms with van der Waals surface area (Å²) in [5.74, 6) is 0. The van der Waals surface area contributed by atoms with E-state index < -0.39 is 0 Å². The SMILES string of the molecule is Clc1nc2ccccc2cc1CN[C@@H]1CCN[C@@H]1c1ccccc1. The standard InChI is InChI=1S/C20H20ClN3/c21-20-16(12-15-8-4-5-9-17(15)24-20)13-23-18-10-11-22-19(18)14-6-2-1-3-7-14/h1-9,12,18-19,22-23H,10-11,13H2/t18-,19-/m1/s1. The number of halogens is 1. The quantitative estimate of drug-likeness (QED) is 0.704. The van der Waals surface area contributed by atoms with Crippen LogP contribution in [0.25, 0.3) is 10.9 Å². The first-order valence-corrected chi connectivity index (χ1v) is 8.75. The summed E-state index contributed by atoms with van der Waals surface area (Å²) in [6, 6.07) is 21.6. The highest BCUT2D eigenvalue weighted by molar-refractivity contribution is 6.30. The summed E-state index contributed by atoms with van der Waals surface area (Å²) >= 11 is 6.38. The second kappa shape index (κ2) is 6.89. The van der Waals surface area contributed by atoms with E-state index in [0.717, 1.165) is 36.0 Å². The summed E-state index contributed by atoms with van der Waals surface area (Å²) in [5, 5.41) is 8.97. The van der Waals surface area contributed by atoms with Crippen LogP contribution in [0.5, 0.6) is 0 Å². The summed E-state index contributed by atoms with van der Waals surface area (Å²) in [5.41, 5.74) is 3.32. The number of aromatic nitrogens is 1. The van der Waals surface area contributed by atoms with E-state index in [1.54, 1.807) is 0 Å². The third-order valence-electron chi connectivity index (χ3n) is 4.69. The Morgan fingerprint density at radius 2 is 1.88 bits per heavy atom. The van der Waals surface area contributed by atoms with Gasteiger partial charge >= 0.3 is 0 Å². The lowest BCUT2D eigenvalue weighted by atomic mass is 10.0. The minimum absolute atomic E-state index is 0.346. The number of pyridine rings is 1. The van der Waals surface area contributed by atoms with Crippen molar-refractivity contribution in [3.63, 3.8) is 0 Å². The van der Waals surface area contributed by atoms with Crippen molar-refractivity contribution in [3.8, 4) is 0 Å². The van der Waals surface area contributed by atoms with Gasteiger partial charge in [0.05, 0.1) is 5.52 Å². The van der Waals surface area contributed by atoms with Crippen molar-refractivity contribution in [2.45, 2.75) is 25.0 Å². The average Bonchev–Trinajstić information content (AvgIpc) is 3.09. The van der Waals surface area contributed by atoms with E-state index in [1.807, 2.05) is 18.2 Å². The molecule has 0 amide bonds. The minimum atomic E-state index is 0.346. The van der Waals surface area contributed by atoms with E-state index in [2.05, 4.69) is 58.1 Å². The van der Waals surface area contributed by atoms with E-state index in [0.29, 0.717) is 17.2 Å². The highest BCUT2D eigenvalue weighted by Crippen LogP contribution is 2.25. The summed E-state index contributed by atoms with van der Waals surface area (Å²) in [6.45, 7) is 1.76. The average molecular weight is 338 g/mol. The maximum atomic E-state index is 6.38. The molecule has 2 heterocycles. The van der Waals surface area contributed by atoms with Crippen LogP contribution in [0.3, 0.4) is 0 Å². The first kappa shape index (κ1) is 15.6. The highest BCUT2D eigenvalue weighted by atomic mass is 35.5. The molecule has 0 bridgehead atoms. The number of fused-ring (bicyclic) bond motifs is 1. The van der Waals surface area contributed by atoms with Gasteiger partial charge in [0.2, 0.25) is 0 Å². The van der Waals surface area contributed by atoms with Gasteiger partial charge in [0, 0.05) is 29.6 Å². The molecule has 1 aliphatic heterocycles. The number of hydrogen-bond donors (Lipinski definition) is 2. The molecular formula is C20H20ClN3. The van der Waals surface area contributed by atoms with Crippen molar-refractivity contribution in [3.05, 3.63) is 76.9 Å². The first-order valence-electron chi connectivity index (χ1n) is 8.37. The van der Waals surface area contributed by atoms with Gasteiger partial charge in [-0.2, -0.15) is 0 Å². The summed E-state index contributed by atoms with van der Waals surface area (Å²) in [6.07, 6.45) is 1.11. The lowest BCUT2D eigenvalue weighted by Gasteiger charge is -2.21. The second-order valence-corrected chi connectivity index (χ2v) is 6.61. The molecule has 2 aromatic carbocycles. The smallest absolute Gasteiger partial charge is 0.134 e. The molecule has 0 saturated carbocycles. The molecular weight excluding hydrogens is 318 g/mol. The van der Waals surface area contributed by atoms with Crippen molar-refractivity contribution in [1.82, 2.24) is 15.6 Å². The molecule has 1 aromatic heterocycles. The summed E-state index contributed by atoms with van der Waals surface area (Å²) < 4.78 is 0. The van der Waals surface area contributed by atoms with Crippen LogP contribution in [-0.4, -0.2) is 17.6 Å². The number of rotatable bonds is 4. The molecule has 1 fully saturated rings. The topological polar surface area (TPSA) is 37.0 Å². The fourth-order valence-corrected chi connectivity index (χ4v) is 3.65. The monoisotopic (exact) mass is 337 g/mol. The Kier molecular flexibility index (Phi) is 4.48. The lowest BCUT2D eigenvalue weighted by Crippen LogP contribution is -2.34. The van der Waals surface area contributed by atoms with E-state index in [-0.39, 0.29) is 0 Å². The van der Waals surface area contributed by atoms with Crippen molar-refractivity contribution < 1.29 is 0 Å². The maximum Gasteiger partial charge on any atom is 0.134 e. The minimum Gasteiger partial charge on any atom is -0.309 e. The van der Waals surface area contributed by atoms with Gasteiger partial charge in [0.25, 0.3) is 0 Å². The van der Waals surface area contributed by atoms with Crippen LogP contribution in [0, 0.1) is 0 Å². The largest absolute Gasteiger partial charge is 0.309 e. The van der Waals surface area contributed by atoms with Crippen molar-refractivity contribution in [1.29, 1.82) is 0 Å². The zero-order valence-corrected chi connectivity index (χ0v) is 14.1. The van der Waals surface area contributed by atoms with Crippen LogP contribution in [0.1, 0.15) is 23.6 Å². The maximum absolute atomic E-state index is 6.38. The van der Waals surface area contributed by atoms with Gasteiger partial charge in [0.15, 0.2) is 0 Å². The second-order valence-electron chi connectivity index (χ2n) is 6.25. The molecule has 1 saturated heterocycles. The fourth-order valence-electron chi connectivity index (χ4n) is 3.43. The van der Waals surface area contributed by atoms with E-state index >= 15 is 0 Å². The van der Waals surface area contributed by atoms with Gasteiger partial charge in [-0.1, -0.05) is 60.1 Å². The van der Waals surface area contributed by atoms with Crippen LogP contribution >= 0.6 is 11.6 Å². The Bertz CT molecular complexity index is 835. The molecule has 0 spiro atoms. The molecule has 0 aliphatic carbocycles. The van der Waals surface area contributed by atoms with Gasteiger partial charge in [-0.3, -0.25) is 0 Å². The zero-order valence-electron chi connectivity index (χ0n) is 13.4. The fraction of sp³-hybridized carbons (Fsp3) is 0.250. The van der Waals surface area contributed by atoms with Gasteiger partial charge in [-0.25, -0.2) is 4.98 Å². The number of benzene rings is 2. The van der Waals surface area contributed by atoms with Crippen LogP contribution < -0.4 is 10.6 Å². The van der Waals surface area contributed by atoms with Crippen molar-refractivity contribution in [2.75, 3.05) is 6.54 Å². The van der Waals surface area contributed by atoms with Crippen LogP contribution in [0.2, 0.25) is 5.15 Å². The molecule has 2 atom stereocenters. The molecule has 122 valence electrons. The number of nitrogens with zero attached hydrogens (tertiary/aromatic N) is 1. The van der Waals surface area contributed by atoms with E-state index in [9.17, 15) is 0 Å². The van der Waals surface area contributed by atoms with E-state index in [4.69, 9.17) is 11.6 Å². The van der Waals surface area contributed by atoms with Gasteiger partial charge in [0.1, 0.15) is 5.15 Å². The number of nitrogens with one attached hydrogen (secondary N) is 2. The normalized spacial score (nSPS) is 20.5. The molecule has 0 unspecified atom stereocenters. The third-order valence-corrected chi connectivity index (χ3v) is 5.01. The Morgan fingerprint density at radius 1 is 1.08 bits per heavy atom. The molecule has 2 N–H and O–H groups in total. The highest BCUT2D eigenvalue weighted by Gasteiger charge is 2.27. The van der Waals surface area contributed by atoms with E-state index in [1.165, 1.54) is 5.56 Å². The van der Waals surface area contributed by atoms with Crippen LogP contribution in [0.4, 0.5) is 0 Å². The Balaban J connectivity index is 1.51. The molecule has 3 nitrogen and oxygen atoms in total. The molecule has 24 heavy (non-hydrogen) atoms. The van der Waals surface area contributed by atoms with Crippen LogP contribution in [0.15, 0.2) is 60.7 Å². The van der Waals surface area contributed by atoms with Gasteiger partial charge in [-0.05, 0) is 30.7 Å². The Morgan fingerprint density at radius 3 is 2.75 bits per heavy atom. The van der Waals surface area contributed by atoms with Gasteiger partial charge < -0.3 is 10.6 Å². The van der Waals surface area contributed by atoms with Crippen molar-refractivity contribution >= 4 is 22.5 Å². The van der Waals surface area contributed by atoms with Gasteiger partial charge in [-0.15, -0.1) is 0 Å². The summed E-state index contributed by atoms with van der Waals surface area (Å²) in [7, 11) is 0. The molecule has 3 aromatic rings. The number of para-hydroxylation sites is 1. The predicted octanol–water partition coefficient (Wildman–Crippen LogP) is 4.08. The van der Waals surface area contributed by atoms with Crippen LogP contribution in [-0.2, 0) is 6.54 Å². The predicted molar refractivity (Wildman–Crippen MR) is 99.2 cm³/mol. The molecule has 1 aliphatic rings. The molecule has 4 heteroatoms. The zero-order chi connectivity index (χ0) is 16.4. The molecule has 4 rings (SSSR count). The Labute approximate surface area is 147 Å². The molecule has 0 radical (unpaired) electrons.